The van der Waals surface area contributed by atoms with Crippen molar-refractivity contribution in [3.8, 4) is 0 Å². The molecule has 182 valence electrons. The molecule has 2 aliphatic heterocycles. The van der Waals surface area contributed by atoms with Crippen LogP contribution in [0.2, 0.25) is 0 Å². The first-order chi connectivity index (χ1) is 17.2. The normalized spacial score (nSPS) is 15.8. The molecule has 3 aromatic rings. The molecule has 2 heterocycles. The SMILES string of the molecule is O=C(Nc1ccc(N2CCC(NCCCN3CCc4ccccc43)CC2)cc1)c1ccccc1F. The van der Waals surface area contributed by atoms with E-state index in [9.17, 15) is 9.18 Å². The molecule has 0 bridgehead atoms. The molecule has 5 rings (SSSR count). The average molecular weight is 473 g/mol. The summed E-state index contributed by atoms with van der Waals surface area (Å²) in [5.41, 5.74) is 4.77. The number of nitrogens with one attached hydrogen (secondary N) is 2. The van der Waals surface area contributed by atoms with E-state index in [1.165, 1.54) is 29.8 Å². The molecular formula is C29H33FN4O. The Morgan fingerprint density at radius 1 is 0.914 bits per heavy atom. The summed E-state index contributed by atoms with van der Waals surface area (Å²) in [7, 11) is 0. The van der Waals surface area contributed by atoms with Gasteiger partial charge in [-0.2, -0.15) is 0 Å². The summed E-state index contributed by atoms with van der Waals surface area (Å²) in [6.45, 7) is 5.34. The van der Waals surface area contributed by atoms with Crippen molar-refractivity contribution in [2.24, 2.45) is 0 Å². The van der Waals surface area contributed by atoms with Crippen molar-refractivity contribution in [2.75, 3.05) is 47.8 Å². The first-order valence-electron chi connectivity index (χ1n) is 12.6. The fourth-order valence-electron chi connectivity index (χ4n) is 5.16. The lowest BCUT2D eigenvalue weighted by Gasteiger charge is -2.34. The fourth-order valence-corrected chi connectivity index (χ4v) is 5.16. The average Bonchev–Trinajstić information content (AvgIpc) is 3.31. The van der Waals surface area contributed by atoms with Crippen LogP contribution in [0.4, 0.5) is 21.5 Å². The molecule has 0 aromatic heterocycles. The molecule has 1 amide bonds. The quantitative estimate of drug-likeness (QED) is 0.449. The van der Waals surface area contributed by atoms with Gasteiger partial charge >= 0.3 is 0 Å². The van der Waals surface area contributed by atoms with E-state index < -0.39 is 11.7 Å². The number of amides is 1. The maximum Gasteiger partial charge on any atom is 0.258 e. The van der Waals surface area contributed by atoms with Crippen molar-refractivity contribution >= 4 is 23.0 Å². The molecule has 0 unspecified atom stereocenters. The van der Waals surface area contributed by atoms with Crippen LogP contribution in [0.15, 0.2) is 72.8 Å². The Morgan fingerprint density at radius 2 is 1.66 bits per heavy atom. The van der Waals surface area contributed by atoms with E-state index in [2.05, 4.69) is 44.7 Å². The standard InChI is InChI=1S/C29H33FN4O/c30-27-8-3-2-7-26(27)29(35)32-24-10-12-25(13-11-24)33-20-15-23(16-21-33)31-17-5-18-34-19-14-22-6-1-4-9-28(22)34/h1-4,6-13,23,31H,5,14-21H2,(H,32,35). The Bertz CT molecular complexity index is 1140. The van der Waals surface area contributed by atoms with E-state index in [1.807, 2.05) is 24.3 Å². The van der Waals surface area contributed by atoms with Crippen molar-refractivity contribution in [3.05, 3.63) is 89.7 Å². The number of hydrogen-bond donors (Lipinski definition) is 2. The lowest BCUT2D eigenvalue weighted by atomic mass is 10.0. The number of carbonyl (C=O) groups is 1. The molecule has 5 nitrogen and oxygen atoms in total. The van der Waals surface area contributed by atoms with E-state index in [0.717, 1.165) is 57.7 Å². The Balaban J connectivity index is 1.03. The molecule has 2 N–H and O–H groups in total. The molecule has 0 radical (unpaired) electrons. The van der Waals surface area contributed by atoms with Crippen LogP contribution in [0.5, 0.6) is 0 Å². The lowest BCUT2D eigenvalue weighted by Crippen LogP contribution is -2.43. The molecule has 0 saturated carbocycles. The minimum absolute atomic E-state index is 0.0522. The van der Waals surface area contributed by atoms with E-state index in [0.29, 0.717) is 11.7 Å². The van der Waals surface area contributed by atoms with Gasteiger partial charge in [-0.05, 0) is 80.3 Å². The first-order valence-corrected chi connectivity index (χ1v) is 12.6. The van der Waals surface area contributed by atoms with Gasteiger partial charge in [0.1, 0.15) is 5.82 Å². The van der Waals surface area contributed by atoms with Gasteiger partial charge in [0.2, 0.25) is 0 Å². The van der Waals surface area contributed by atoms with Crippen molar-refractivity contribution in [1.82, 2.24) is 5.32 Å². The van der Waals surface area contributed by atoms with E-state index >= 15 is 0 Å². The number of carbonyl (C=O) groups excluding carboxylic acids is 1. The Morgan fingerprint density at radius 3 is 2.46 bits per heavy atom. The monoisotopic (exact) mass is 472 g/mol. The van der Waals surface area contributed by atoms with Crippen LogP contribution in [0.3, 0.4) is 0 Å². The van der Waals surface area contributed by atoms with Gasteiger partial charge in [-0.1, -0.05) is 30.3 Å². The zero-order chi connectivity index (χ0) is 24.0. The zero-order valence-corrected chi connectivity index (χ0v) is 20.1. The molecule has 35 heavy (non-hydrogen) atoms. The summed E-state index contributed by atoms with van der Waals surface area (Å²) in [6, 6.07) is 23.2. The van der Waals surface area contributed by atoms with Gasteiger partial charge in [-0.25, -0.2) is 4.39 Å². The maximum atomic E-state index is 13.8. The molecule has 6 heteroatoms. The highest BCUT2D eigenvalue weighted by atomic mass is 19.1. The minimum Gasteiger partial charge on any atom is -0.371 e. The van der Waals surface area contributed by atoms with Crippen molar-refractivity contribution in [1.29, 1.82) is 0 Å². The zero-order valence-electron chi connectivity index (χ0n) is 20.1. The Hall–Kier alpha value is -3.38. The third-order valence-corrected chi connectivity index (χ3v) is 7.12. The Labute approximate surface area is 206 Å². The Kier molecular flexibility index (Phi) is 7.28. The number of hydrogen-bond acceptors (Lipinski definition) is 4. The lowest BCUT2D eigenvalue weighted by molar-refractivity contribution is 0.102. The van der Waals surface area contributed by atoms with E-state index in [4.69, 9.17) is 0 Å². The number of fused-ring (bicyclic) bond motifs is 1. The smallest absolute Gasteiger partial charge is 0.258 e. The number of halogens is 1. The van der Waals surface area contributed by atoms with Gasteiger partial charge < -0.3 is 20.4 Å². The van der Waals surface area contributed by atoms with Crippen LogP contribution in [-0.4, -0.2) is 44.7 Å². The summed E-state index contributed by atoms with van der Waals surface area (Å²) in [5, 5.41) is 6.54. The van der Waals surface area contributed by atoms with Gasteiger partial charge in [0, 0.05) is 49.3 Å². The summed E-state index contributed by atoms with van der Waals surface area (Å²) in [4.78, 5) is 17.2. The summed E-state index contributed by atoms with van der Waals surface area (Å²) < 4.78 is 13.8. The molecule has 3 aromatic carbocycles. The van der Waals surface area contributed by atoms with Crippen LogP contribution < -0.4 is 20.4 Å². The highest BCUT2D eigenvalue weighted by Gasteiger charge is 2.20. The highest BCUT2D eigenvalue weighted by Crippen LogP contribution is 2.27. The molecule has 2 aliphatic rings. The number of nitrogens with zero attached hydrogens (tertiary/aromatic N) is 2. The summed E-state index contributed by atoms with van der Waals surface area (Å²) in [5.74, 6) is -0.948. The van der Waals surface area contributed by atoms with Gasteiger partial charge in [0.05, 0.1) is 5.56 Å². The second-order valence-electron chi connectivity index (χ2n) is 9.42. The predicted octanol–water partition coefficient (Wildman–Crippen LogP) is 5.09. The second-order valence-corrected chi connectivity index (χ2v) is 9.42. The topological polar surface area (TPSA) is 47.6 Å². The van der Waals surface area contributed by atoms with Gasteiger partial charge in [0.25, 0.3) is 5.91 Å². The van der Waals surface area contributed by atoms with Crippen LogP contribution >= 0.6 is 0 Å². The predicted molar refractivity (Wildman–Crippen MR) is 141 cm³/mol. The number of anilines is 3. The number of benzene rings is 3. The summed E-state index contributed by atoms with van der Waals surface area (Å²) >= 11 is 0. The number of para-hydroxylation sites is 1. The van der Waals surface area contributed by atoms with Gasteiger partial charge in [-0.3, -0.25) is 4.79 Å². The molecule has 0 spiro atoms. The van der Waals surface area contributed by atoms with Crippen molar-refractivity contribution in [3.63, 3.8) is 0 Å². The van der Waals surface area contributed by atoms with Crippen LogP contribution in [0, 0.1) is 5.82 Å². The van der Waals surface area contributed by atoms with Crippen molar-refractivity contribution < 1.29 is 9.18 Å². The second kappa shape index (κ2) is 10.9. The number of rotatable bonds is 8. The largest absolute Gasteiger partial charge is 0.371 e. The molecule has 1 saturated heterocycles. The van der Waals surface area contributed by atoms with Gasteiger partial charge in [0.15, 0.2) is 0 Å². The third kappa shape index (κ3) is 5.65. The van der Waals surface area contributed by atoms with E-state index in [-0.39, 0.29) is 5.56 Å². The van der Waals surface area contributed by atoms with Crippen LogP contribution in [-0.2, 0) is 6.42 Å². The van der Waals surface area contributed by atoms with E-state index in [1.54, 1.807) is 12.1 Å². The molecular weight excluding hydrogens is 439 g/mol. The number of piperidine rings is 1. The maximum absolute atomic E-state index is 13.8. The van der Waals surface area contributed by atoms with Crippen LogP contribution in [0.25, 0.3) is 0 Å². The van der Waals surface area contributed by atoms with Crippen LogP contribution in [0.1, 0.15) is 35.2 Å². The fraction of sp³-hybridized carbons (Fsp3) is 0.345. The van der Waals surface area contributed by atoms with Crippen molar-refractivity contribution in [2.45, 2.75) is 31.7 Å². The first kappa shape index (κ1) is 23.4. The summed E-state index contributed by atoms with van der Waals surface area (Å²) in [6.07, 6.45) is 4.58. The highest BCUT2D eigenvalue weighted by molar-refractivity contribution is 6.04. The molecule has 0 atom stereocenters. The molecule has 1 fully saturated rings. The molecule has 0 aliphatic carbocycles. The van der Waals surface area contributed by atoms with Gasteiger partial charge in [-0.15, -0.1) is 0 Å². The minimum atomic E-state index is -0.514. The third-order valence-electron chi connectivity index (χ3n) is 7.12.